The van der Waals surface area contributed by atoms with Crippen LogP contribution in [0, 0.1) is 0 Å². The summed E-state index contributed by atoms with van der Waals surface area (Å²) in [6.45, 7) is 1.02. The number of rotatable bonds is 5. The third-order valence-electron chi connectivity index (χ3n) is 3.61. The molecule has 0 bridgehead atoms. The molecule has 0 spiro atoms. The smallest absolute Gasteiger partial charge is 0.315 e. The van der Waals surface area contributed by atoms with Crippen molar-refractivity contribution in [2.24, 2.45) is 0 Å². The molecule has 0 unspecified atom stereocenters. The third kappa shape index (κ3) is 4.05. The van der Waals surface area contributed by atoms with Crippen molar-refractivity contribution in [1.82, 2.24) is 10.6 Å². The summed E-state index contributed by atoms with van der Waals surface area (Å²) in [7, 11) is 0. The minimum Gasteiger partial charge on any atom is -0.464 e. The third-order valence-corrected chi connectivity index (χ3v) is 3.86. The van der Waals surface area contributed by atoms with Crippen molar-refractivity contribution in [1.29, 1.82) is 0 Å². The molecular formula is C18H17ClN2O2. The van der Waals surface area contributed by atoms with Crippen molar-refractivity contribution in [2.75, 3.05) is 6.54 Å². The predicted octanol–water partition coefficient (Wildman–Crippen LogP) is 4.13. The molecule has 0 aliphatic carbocycles. The highest BCUT2D eigenvalue weighted by molar-refractivity contribution is 6.30. The van der Waals surface area contributed by atoms with E-state index in [4.69, 9.17) is 16.0 Å². The second-order valence-corrected chi connectivity index (χ2v) is 5.68. The van der Waals surface area contributed by atoms with Crippen LogP contribution in [0.25, 0.3) is 11.0 Å². The van der Waals surface area contributed by atoms with Gasteiger partial charge in [0.25, 0.3) is 0 Å². The molecule has 0 aliphatic heterocycles. The lowest BCUT2D eigenvalue weighted by atomic mass is 10.1. The number of para-hydroxylation sites is 1. The Morgan fingerprint density at radius 2 is 1.83 bits per heavy atom. The maximum atomic E-state index is 11.8. The Kier molecular flexibility index (Phi) is 4.83. The van der Waals surface area contributed by atoms with Gasteiger partial charge in [0.15, 0.2) is 0 Å². The first-order chi connectivity index (χ1) is 11.2. The Labute approximate surface area is 139 Å². The van der Waals surface area contributed by atoms with Gasteiger partial charge in [-0.1, -0.05) is 41.9 Å². The Morgan fingerprint density at radius 1 is 1.04 bits per heavy atom. The monoisotopic (exact) mass is 328 g/mol. The van der Waals surface area contributed by atoms with E-state index in [1.165, 1.54) is 0 Å². The average Bonchev–Trinajstić information content (AvgIpc) is 2.98. The van der Waals surface area contributed by atoms with Crippen LogP contribution in [0.5, 0.6) is 0 Å². The van der Waals surface area contributed by atoms with Crippen LogP contribution in [-0.2, 0) is 13.0 Å². The molecule has 3 aromatic rings. The molecule has 118 valence electrons. The van der Waals surface area contributed by atoms with E-state index in [9.17, 15) is 4.79 Å². The van der Waals surface area contributed by atoms with Gasteiger partial charge in [-0.2, -0.15) is 0 Å². The number of urea groups is 1. The van der Waals surface area contributed by atoms with Crippen LogP contribution in [0.4, 0.5) is 4.79 Å². The number of furan rings is 1. The van der Waals surface area contributed by atoms with Crippen molar-refractivity contribution in [2.45, 2.75) is 13.0 Å². The summed E-state index contributed by atoms with van der Waals surface area (Å²) in [5.74, 6) is 0. The van der Waals surface area contributed by atoms with Gasteiger partial charge in [0.05, 0.1) is 6.26 Å². The number of halogens is 1. The highest BCUT2D eigenvalue weighted by Crippen LogP contribution is 2.20. The molecule has 0 atom stereocenters. The van der Waals surface area contributed by atoms with Crippen molar-refractivity contribution >= 4 is 28.6 Å². The number of hydrogen-bond acceptors (Lipinski definition) is 2. The van der Waals surface area contributed by atoms with Crippen LogP contribution in [0.15, 0.2) is 59.2 Å². The lowest BCUT2D eigenvalue weighted by Gasteiger charge is -2.07. The van der Waals surface area contributed by atoms with Gasteiger partial charge in [0.1, 0.15) is 5.58 Å². The molecule has 23 heavy (non-hydrogen) atoms. The minimum atomic E-state index is -0.187. The van der Waals surface area contributed by atoms with Crippen LogP contribution < -0.4 is 10.6 Å². The molecule has 2 amide bonds. The zero-order valence-electron chi connectivity index (χ0n) is 12.5. The SMILES string of the molecule is O=C(NCCc1coc2ccccc12)NCc1ccc(Cl)cc1. The summed E-state index contributed by atoms with van der Waals surface area (Å²) in [6, 6.07) is 15.1. The molecule has 2 aromatic carbocycles. The van der Waals surface area contributed by atoms with E-state index in [1.54, 1.807) is 18.4 Å². The molecule has 2 N–H and O–H groups in total. The second-order valence-electron chi connectivity index (χ2n) is 5.24. The van der Waals surface area contributed by atoms with E-state index in [0.717, 1.165) is 28.5 Å². The molecule has 4 nitrogen and oxygen atoms in total. The van der Waals surface area contributed by atoms with E-state index >= 15 is 0 Å². The zero-order valence-corrected chi connectivity index (χ0v) is 13.3. The van der Waals surface area contributed by atoms with Gasteiger partial charge in [0, 0.05) is 23.5 Å². The fourth-order valence-corrected chi connectivity index (χ4v) is 2.51. The Morgan fingerprint density at radius 3 is 2.65 bits per heavy atom. The van der Waals surface area contributed by atoms with Crippen molar-refractivity contribution in [3.8, 4) is 0 Å². The highest BCUT2D eigenvalue weighted by atomic mass is 35.5. The van der Waals surface area contributed by atoms with E-state index < -0.39 is 0 Å². The fraction of sp³-hybridized carbons (Fsp3) is 0.167. The summed E-state index contributed by atoms with van der Waals surface area (Å²) in [5.41, 5.74) is 2.97. The Balaban J connectivity index is 1.45. The molecule has 0 saturated carbocycles. The van der Waals surface area contributed by atoms with Gasteiger partial charge in [0.2, 0.25) is 0 Å². The first-order valence-corrected chi connectivity index (χ1v) is 7.81. The molecule has 3 rings (SSSR count). The summed E-state index contributed by atoms with van der Waals surface area (Å²) in [6.07, 6.45) is 2.48. The number of carbonyl (C=O) groups excluding carboxylic acids is 1. The first kappa shape index (κ1) is 15.4. The van der Waals surface area contributed by atoms with Crippen LogP contribution in [0.2, 0.25) is 5.02 Å². The molecule has 1 heterocycles. The molecule has 0 radical (unpaired) electrons. The van der Waals surface area contributed by atoms with Crippen LogP contribution in [0.3, 0.4) is 0 Å². The second kappa shape index (κ2) is 7.20. The van der Waals surface area contributed by atoms with Gasteiger partial charge in [-0.15, -0.1) is 0 Å². The Bertz CT molecular complexity index is 796. The van der Waals surface area contributed by atoms with E-state index in [-0.39, 0.29) is 6.03 Å². The molecule has 0 fully saturated rings. The largest absolute Gasteiger partial charge is 0.464 e. The van der Waals surface area contributed by atoms with E-state index in [1.807, 2.05) is 36.4 Å². The topological polar surface area (TPSA) is 54.3 Å². The highest BCUT2D eigenvalue weighted by Gasteiger charge is 2.06. The number of fused-ring (bicyclic) bond motifs is 1. The Hall–Kier alpha value is -2.46. The number of carbonyl (C=O) groups is 1. The fourth-order valence-electron chi connectivity index (χ4n) is 2.38. The molecule has 0 aliphatic rings. The van der Waals surface area contributed by atoms with Crippen molar-refractivity contribution < 1.29 is 9.21 Å². The zero-order chi connectivity index (χ0) is 16.1. The molecule has 1 aromatic heterocycles. The van der Waals surface area contributed by atoms with Crippen molar-refractivity contribution in [3.05, 3.63) is 70.9 Å². The van der Waals surface area contributed by atoms with Crippen LogP contribution in [0.1, 0.15) is 11.1 Å². The lowest BCUT2D eigenvalue weighted by Crippen LogP contribution is -2.36. The van der Waals surface area contributed by atoms with Crippen molar-refractivity contribution in [3.63, 3.8) is 0 Å². The number of benzene rings is 2. The summed E-state index contributed by atoms with van der Waals surface area (Å²) in [5, 5.41) is 7.45. The lowest BCUT2D eigenvalue weighted by molar-refractivity contribution is 0.240. The molecule has 5 heteroatoms. The van der Waals surface area contributed by atoms with E-state index in [2.05, 4.69) is 10.6 Å². The van der Waals surface area contributed by atoms with Crippen LogP contribution in [-0.4, -0.2) is 12.6 Å². The van der Waals surface area contributed by atoms with Gasteiger partial charge in [-0.25, -0.2) is 4.79 Å². The van der Waals surface area contributed by atoms with Gasteiger partial charge in [-0.05, 0) is 35.7 Å². The maximum Gasteiger partial charge on any atom is 0.315 e. The number of hydrogen-bond donors (Lipinski definition) is 2. The van der Waals surface area contributed by atoms with Gasteiger partial charge < -0.3 is 15.1 Å². The predicted molar refractivity (Wildman–Crippen MR) is 91.6 cm³/mol. The molecule has 0 saturated heterocycles. The molecular weight excluding hydrogens is 312 g/mol. The summed E-state index contributed by atoms with van der Waals surface area (Å²) in [4.78, 5) is 11.8. The standard InChI is InChI=1S/C18H17ClN2O2/c19-15-7-5-13(6-8-15)11-21-18(22)20-10-9-14-12-23-17-4-2-1-3-16(14)17/h1-8,12H,9-11H2,(H2,20,21,22). The summed E-state index contributed by atoms with van der Waals surface area (Å²) < 4.78 is 5.48. The van der Waals surface area contributed by atoms with Gasteiger partial charge in [-0.3, -0.25) is 0 Å². The summed E-state index contributed by atoms with van der Waals surface area (Å²) >= 11 is 5.83. The normalized spacial score (nSPS) is 10.7. The van der Waals surface area contributed by atoms with Gasteiger partial charge >= 0.3 is 6.03 Å². The minimum absolute atomic E-state index is 0.187. The van der Waals surface area contributed by atoms with Crippen LogP contribution >= 0.6 is 11.6 Å². The maximum absolute atomic E-state index is 11.8. The average molecular weight is 329 g/mol. The number of nitrogens with one attached hydrogen (secondary N) is 2. The number of amides is 2. The van der Waals surface area contributed by atoms with E-state index in [0.29, 0.717) is 18.1 Å². The first-order valence-electron chi connectivity index (χ1n) is 7.43. The quantitative estimate of drug-likeness (QED) is 0.740.